The van der Waals surface area contributed by atoms with Crippen LogP contribution in [0.15, 0.2) is 24.3 Å². The zero-order valence-corrected chi connectivity index (χ0v) is 10.6. The minimum atomic E-state index is -3.68. The summed E-state index contributed by atoms with van der Waals surface area (Å²) in [7, 11) is 0. The Kier molecular flexibility index (Phi) is 4.52. The third kappa shape index (κ3) is 3.04. The van der Waals surface area contributed by atoms with Crippen molar-refractivity contribution in [3.05, 3.63) is 39.9 Å². The van der Waals surface area contributed by atoms with Gasteiger partial charge in [-0.3, -0.25) is 14.9 Å². The van der Waals surface area contributed by atoms with E-state index < -0.39 is 22.3 Å². The number of hydrogen-bond donors (Lipinski definition) is 0. The fraction of sp³-hybridized carbons (Fsp3) is 0.417. The number of carbonyl (C=O) groups excluding carboxylic acids is 1. The van der Waals surface area contributed by atoms with Gasteiger partial charge in [-0.05, 0) is 26.0 Å². The van der Waals surface area contributed by atoms with E-state index in [0.29, 0.717) is 0 Å². The van der Waals surface area contributed by atoms with E-state index in [2.05, 4.69) is 0 Å². The zero-order valence-electron chi connectivity index (χ0n) is 10.6. The van der Waals surface area contributed by atoms with Gasteiger partial charge < -0.3 is 4.90 Å². The summed E-state index contributed by atoms with van der Waals surface area (Å²) in [6, 6.07) is 3.72. The van der Waals surface area contributed by atoms with Gasteiger partial charge in [0.15, 0.2) is 0 Å². The molecule has 0 aliphatic carbocycles. The second-order valence-electron chi connectivity index (χ2n) is 3.86. The first-order chi connectivity index (χ1) is 8.84. The van der Waals surface area contributed by atoms with Crippen molar-refractivity contribution in [2.75, 3.05) is 13.1 Å². The fourth-order valence-corrected chi connectivity index (χ4v) is 1.63. The number of nitro groups is 1. The maximum atomic E-state index is 13.9. The van der Waals surface area contributed by atoms with Crippen LogP contribution in [-0.2, 0) is 10.7 Å². The van der Waals surface area contributed by atoms with Gasteiger partial charge in [-0.25, -0.2) is 0 Å². The van der Waals surface area contributed by atoms with Gasteiger partial charge in [0.1, 0.15) is 0 Å². The average Bonchev–Trinajstić information content (AvgIpc) is 2.40. The third-order valence-corrected chi connectivity index (χ3v) is 2.76. The lowest BCUT2D eigenvalue weighted by atomic mass is 10.1. The lowest BCUT2D eigenvalue weighted by molar-refractivity contribution is -0.384. The van der Waals surface area contributed by atoms with Crippen LogP contribution < -0.4 is 0 Å². The van der Waals surface area contributed by atoms with Crippen LogP contribution in [0.3, 0.4) is 0 Å². The Balaban J connectivity index is 3.05. The molecular weight excluding hydrogens is 258 g/mol. The van der Waals surface area contributed by atoms with E-state index in [9.17, 15) is 23.7 Å². The Bertz CT molecular complexity index is 470. The van der Waals surface area contributed by atoms with E-state index in [1.807, 2.05) is 0 Å². The molecule has 0 heterocycles. The molecule has 1 rings (SSSR count). The van der Waals surface area contributed by atoms with Gasteiger partial charge in [-0.15, -0.1) is 0 Å². The van der Waals surface area contributed by atoms with Crippen LogP contribution in [-0.4, -0.2) is 28.8 Å². The molecule has 0 atom stereocenters. The number of nitrogens with zero attached hydrogens (tertiary/aromatic N) is 2. The van der Waals surface area contributed by atoms with Gasteiger partial charge >= 0.3 is 5.92 Å². The van der Waals surface area contributed by atoms with E-state index in [0.717, 1.165) is 29.2 Å². The van der Waals surface area contributed by atoms with Crippen molar-refractivity contribution in [2.24, 2.45) is 0 Å². The smallest absolute Gasteiger partial charge is 0.338 e. The Morgan fingerprint density at radius 1 is 1.26 bits per heavy atom. The third-order valence-electron chi connectivity index (χ3n) is 2.76. The summed E-state index contributed by atoms with van der Waals surface area (Å²) in [5.74, 6) is -4.98. The van der Waals surface area contributed by atoms with Crippen molar-refractivity contribution < 1.29 is 18.5 Å². The molecule has 0 aromatic heterocycles. The molecule has 1 amide bonds. The summed E-state index contributed by atoms with van der Waals surface area (Å²) in [5, 5.41) is 10.4. The summed E-state index contributed by atoms with van der Waals surface area (Å²) < 4.78 is 27.9. The van der Waals surface area contributed by atoms with Gasteiger partial charge in [-0.2, -0.15) is 8.78 Å². The number of benzene rings is 1. The molecule has 104 valence electrons. The van der Waals surface area contributed by atoms with E-state index in [1.54, 1.807) is 13.8 Å². The van der Waals surface area contributed by atoms with Crippen LogP contribution in [0.2, 0.25) is 0 Å². The molecule has 0 N–H and O–H groups in total. The number of halogens is 2. The van der Waals surface area contributed by atoms with Crippen molar-refractivity contribution in [3.8, 4) is 0 Å². The topological polar surface area (TPSA) is 63.5 Å². The lowest BCUT2D eigenvalue weighted by Gasteiger charge is -2.24. The average molecular weight is 272 g/mol. The molecular formula is C12H14F2N2O3. The van der Waals surface area contributed by atoms with Crippen molar-refractivity contribution >= 4 is 11.6 Å². The van der Waals surface area contributed by atoms with Crippen molar-refractivity contribution in [1.29, 1.82) is 0 Å². The summed E-state index contributed by atoms with van der Waals surface area (Å²) in [6.45, 7) is 3.57. The van der Waals surface area contributed by atoms with E-state index in [4.69, 9.17) is 0 Å². The highest BCUT2D eigenvalue weighted by Gasteiger charge is 2.43. The molecule has 0 radical (unpaired) electrons. The summed E-state index contributed by atoms with van der Waals surface area (Å²) >= 11 is 0. The van der Waals surface area contributed by atoms with Crippen LogP contribution in [0, 0.1) is 10.1 Å². The highest BCUT2D eigenvalue weighted by Crippen LogP contribution is 2.31. The summed E-state index contributed by atoms with van der Waals surface area (Å²) in [5.41, 5.74) is -0.843. The predicted molar refractivity (Wildman–Crippen MR) is 64.9 cm³/mol. The number of likely N-dealkylation sites (N-methyl/N-ethyl adjacent to an activating group) is 1. The Morgan fingerprint density at radius 2 is 1.74 bits per heavy atom. The summed E-state index contributed by atoms with van der Waals surface area (Å²) in [6.07, 6.45) is 0. The molecule has 0 unspecified atom stereocenters. The molecule has 1 aromatic rings. The number of hydrogen-bond acceptors (Lipinski definition) is 3. The van der Waals surface area contributed by atoms with Gasteiger partial charge in [0.2, 0.25) is 0 Å². The van der Waals surface area contributed by atoms with Crippen LogP contribution in [0.1, 0.15) is 19.4 Å². The lowest BCUT2D eigenvalue weighted by Crippen LogP contribution is -2.41. The molecule has 0 aliphatic heterocycles. The van der Waals surface area contributed by atoms with Crippen LogP contribution in [0.25, 0.3) is 0 Å². The molecule has 1 aromatic carbocycles. The first kappa shape index (κ1) is 15.0. The molecule has 0 saturated carbocycles. The SMILES string of the molecule is CCN(CC)C(=O)C(F)(F)c1ccc([N+](=O)[O-])cc1. The monoisotopic (exact) mass is 272 g/mol. The molecule has 0 saturated heterocycles. The highest BCUT2D eigenvalue weighted by atomic mass is 19.3. The van der Waals surface area contributed by atoms with Crippen LogP contribution in [0.5, 0.6) is 0 Å². The highest BCUT2D eigenvalue weighted by molar-refractivity contribution is 5.84. The standard InChI is InChI=1S/C12H14F2N2O3/c1-3-15(4-2)11(17)12(13,14)9-5-7-10(8-6-9)16(18)19/h5-8H,3-4H2,1-2H3. The maximum Gasteiger partial charge on any atom is 0.349 e. The van der Waals surface area contributed by atoms with Crippen molar-refractivity contribution in [1.82, 2.24) is 4.90 Å². The van der Waals surface area contributed by atoms with Crippen molar-refractivity contribution in [3.63, 3.8) is 0 Å². The first-order valence-electron chi connectivity index (χ1n) is 5.76. The largest absolute Gasteiger partial charge is 0.349 e. The van der Waals surface area contributed by atoms with Gasteiger partial charge in [0, 0.05) is 30.8 Å². The summed E-state index contributed by atoms with van der Waals surface area (Å²) in [4.78, 5) is 22.5. The number of rotatable bonds is 5. The minimum absolute atomic E-state index is 0.178. The number of non-ortho nitro benzene ring substituents is 1. The van der Waals surface area contributed by atoms with Gasteiger partial charge in [0.25, 0.3) is 11.6 Å². The zero-order chi connectivity index (χ0) is 14.6. The number of alkyl halides is 2. The first-order valence-corrected chi connectivity index (χ1v) is 5.76. The molecule has 19 heavy (non-hydrogen) atoms. The molecule has 7 heteroatoms. The second kappa shape index (κ2) is 5.73. The molecule has 0 aliphatic rings. The number of nitro benzene ring substituents is 1. The van der Waals surface area contributed by atoms with E-state index in [-0.39, 0.29) is 18.8 Å². The van der Waals surface area contributed by atoms with E-state index >= 15 is 0 Å². The van der Waals surface area contributed by atoms with E-state index in [1.165, 1.54) is 0 Å². The quantitative estimate of drug-likeness (QED) is 0.611. The van der Waals surface area contributed by atoms with Crippen LogP contribution >= 0.6 is 0 Å². The minimum Gasteiger partial charge on any atom is -0.338 e. The van der Waals surface area contributed by atoms with Gasteiger partial charge in [-0.1, -0.05) is 0 Å². The predicted octanol–water partition coefficient (Wildman–Crippen LogP) is 2.56. The number of amides is 1. The maximum absolute atomic E-state index is 13.9. The molecule has 0 spiro atoms. The molecule has 5 nitrogen and oxygen atoms in total. The van der Waals surface area contributed by atoms with Crippen LogP contribution in [0.4, 0.5) is 14.5 Å². The normalized spacial score (nSPS) is 11.2. The molecule has 0 fully saturated rings. The Hall–Kier alpha value is -2.05. The fourth-order valence-electron chi connectivity index (χ4n) is 1.63. The Morgan fingerprint density at radius 3 is 2.11 bits per heavy atom. The van der Waals surface area contributed by atoms with Gasteiger partial charge in [0.05, 0.1) is 4.92 Å². The second-order valence-corrected chi connectivity index (χ2v) is 3.86. The molecule has 0 bridgehead atoms. The number of carbonyl (C=O) groups is 1. The van der Waals surface area contributed by atoms with Crippen molar-refractivity contribution in [2.45, 2.75) is 19.8 Å². The Labute approximate surface area is 109 Å².